The molecular weight excluding hydrogens is 318 g/mol. The molecule has 1 N–H and O–H groups in total. The minimum Gasteiger partial charge on any atom is -0.379 e. The first-order chi connectivity index (χ1) is 12.3. The number of pyridine rings is 1. The average molecular weight is 343 g/mol. The van der Waals surface area contributed by atoms with E-state index in [1.54, 1.807) is 6.20 Å². The van der Waals surface area contributed by atoms with Crippen LogP contribution in [0.25, 0.3) is 0 Å². The van der Waals surface area contributed by atoms with Gasteiger partial charge in [0.2, 0.25) is 5.95 Å². The Kier molecular flexibility index (Phi) is 6.47. The highest BCUT2D eigenvalue weighted by Crippen LogP contribution is 2.09. The lowest BCUT2D eigenvalue weighted by Crippen LogP contribution is -2.39. The Balaban J connectivity index is 1.46. The van der Waals surface area contributed by atoms with Gasteiger partial charge in [-0.1, -0.05) is 0 Å². The highest BCUT2D eigenvalue weighted by atomic mass is 16.5. The van der Waals surface area contributed by atoms with E-state index in [9.17, 15) is 0 Å². The molecule has 0 aromatic carbocycles. The van der Waals surface area contributed by atoms with Gasteiger partial charge < -0.3 is 15.0 Å². The van der Waals surface area contributed by atoms with Crippen molar-refractivity contribution in [2.45, 2.75) is 6.42 Å². The Labute approximate surface area is 148 Å². The van der Waals surface area contributed by atoms with E-state index in [0.717, 1.165) is 58.2 Å². The second-order valence-electron chi connectivity index (χ2n) is 6.05. The summed E-state index contributed by atoms with van der Waals surface area (Å²) in [5.74, 6) is 1.39. The summed E-state index contributed by atoms with van der Waals surface area (Å²) in [6, 6.07) is 4.05. The van der Waals surface area contributed by atoms with Crippen molar-refractivity contribution in [3.05, 3.63) is 36.3 Å². The van der Waals surface area contributed by atoms with Gasteiger partial charge >= 0.3 is 0 Å². The molecule has 2 aromatic rings. The van der Waals surface area contributed by atoms with Crippen molar-refractivity contribution in [2.24, 2.45) is 0 Å². The molecule has 3 heterocycles. The second kappa shape index (κ2) is 9.24. The molecule has 0 bridgehead atoms. The maximum Gasteiger partial charge on any atom is 0.247 e. The number of morpholine rings is 1. The highest BCUT2D eigenvalue weighted by molar-refractivity contribution is 5.38. The number of rotatable bonds is 8. The van der Waals surface area contributed by atoms with Crippen molar-refractivity contribution in [1.29, 1.82) is 0 Å². The Morgan fingerprint density at radius 3 is 2.84 bits per heavy atom. The molecule has 0 atom stereocenters. The monoisotopic (exact) mass is 343 g/mol. The lowest BCUT2D eigenvalue weighted by Gasteiger charge is -2.26. The van der Waals surface area contributed by atoms with Crippen molar-refractivity contribution < 1.29 is 4.74 Å². The number of nitrogens with zero attached hydrogens (tertiary/aromatic N) is 6. The summed E-state index contributed by atoms with van der Waals surface area (Å²) < 4.78 is 5.36. The molecule has 25 heavy (non-hydrogen) atoms. The fraction of sp³-hybridized carbons (Fsp3) is 0.529. The van der Waals surface area contributed by atoms with Gasteiger partial charge in [-0.05, 0) is 24.1 Å². The molecule has 1 aliphatic heterocycles. The summed E-state index contributed by atoms with van der Waals surface area (Å²) in [4.78, 5) is 13.0. The number of likely N-dealkylation sites (N-methyl/N-ethyl adjacent to an activating group) is 1. The summed E-state index contributed by atoms with van der Waals surface area (Å²) >= 11 is 0. The molecule has 3 rings (SSSR count). The zero-order valence-corrected chi connectivity index (χ0v) is 14.6. The molecule has 0 spiro atoms. The molecule has 0 amide bonds. The number of ether oxygens (including phenoxy) is 1. The molecule has 2 aromatic heterocycles. The van der Waals surface area contributed by atoms with Gasteiger partial charge in [-0.15, -0.1) is 5.10 Å². The van der Waals surface area contributed by atoms with Crippen molar-refractivity contribution in [3.8, 4) is 0 Å². The minimum atomic E-state index is 0.630. The van der Waals surface area contributed by atoms with E-state index >= 15 is 0 Å². The summed E-state index contributed by atoms with van der Waals surface area (Å²) in [6.07, 6.45) is 6.20. The van der Waals surface area contributed by atoms with Crippen molar-refractivity contribution >= 4 is 11.8 Å². The van der Waals surface area contributed by atoms with Gasteiger partial charge in [0.05, 0.1) is 19.4 Å². The van der Waals surface area contributed by atoms with Crippen LogP contribution in [0.1, 0.15) is 5.56 Å². The fourth-order valence-corrected chi connectivity index (χ4v) is 2.65. The van der Waals surface area contributed by atoms with Crippen LogP contribution in [0.3, 0.4) is 0 Å². The van der Waals surface area contributed by atoms with Gasteiger partial charge in [-0.3, -0.25) is 9.88 Å². The number of aromatic nitrogens is 4. The zero-order chi connectivity index (χ0) is 17.3. The number of nitrogens with one attached hydrogen (secondary N) is 1. The molecule has 0 aliphatic carbocycles. The van der Waals surface area contributed by atoms with Crippen molar-refractivity contribution in [2.75, 3.05) is 63.2 Å². The lowest BCUT2D eigenvalue weighted by atomic mass is 10.2. The van der Waals surface area contributed by atoms with E-state index in [1.165, 1.54) is 5.56 Å². The summed E-state index contributed by atoms with van der Waals surface area (Å²) in [6.45, 7) is 6.25. The van der Waals surface area contributed by atoms with Gasteiger partial charge in [-0.25, -0.2) is 0 Å². The van der Waals surface area contributed by atoms with Crippen LogP contribution < -0.4 is 10.2 Å². The van der Waals surface area contributed by atoms with Crippen molar-refractivity contribution in [3.63, 3.8) is 0 Å². The lowest BCUT2D eigenvalue weighted by molar-refractivity contribution is 0.0398. The second-order valence-corrected chi connectivity index (χ2v) is 6.05. The Morgan fingerprint density at radius 1 is 1.24 bits per heavy atom. The quantitative estimate of drug-likeness (QED) is 0.750. The fourth-order valence-electron chi connectivity index (χ4n) is 2.65. The first kappa shape index (κ1) is 17.5. The minimum absolute atomic E-state index is 0.630. The van der Waals surface area contributed by atoms with E-state index in [4.69, 9.17) is 4.74 Å². The molecule has 0 unspecified atom stereocenters. The van der Waals surface area contributed by atoms with E-state index in [2.05, 4.69) is 30.4 Å². The third-order valence-corrected chi connectivity index (χ3v) is 4.21. The first-order valence-corrected chi connectivity index (χ1v) is 8.65. The van der Waals surface area contributed by atoms with Gasteiger partial charge in [0.25, 0.3) is 0 Å². The molecule has 0 saturated carbocycles. The molecule has 1 saturated heterocycles. The molecule has 0 radical (unpaired) electrons. The predicted octanol–water partition coefficient (Wildman–Crippen LogP) is 0.690. The van der Waals surface area contributed by atoms with E-state index < -0.39 is 0 Å². The standard InChI is InChI=1S/C17H25N7O/c1-23(8-4-15-2-5-18-6-3-15)17-21-16(14-20-22-17)19-7-9-24-10-12-25-13-11-24/h2-3,5-6,14H,4,7-13H2,1H3,(H,19,21,22). The average Bonchev–Trinajstić information content (AvgIpc) is 2.68. The third-order valence-electron chi connectivity index (χ3n) is 4.21. The van der Waals surface area contributed by atoms with Gasteiger partial charge in [0.15, 0.2) is 5.82 Å². The van der Waals surface area contributed by atoms with Crippen LogP contribution in [-0.4, -0.2) is 78.1 Å². The molecular formula is C17H25N7O. The Bertz CT molecular complexity index is 634. The molecule has 8 nitrogen and oxygen atoms in total. The molecule has 134 valence electrons. The molecule has 8 heteroatoms. The van der Waals surface area contributed by atoms with Crippen LogP contribution in [0, 0.1) is 0 Å². The van der Waals surface area contributed by atoms with Crippen LogP contribution >= 0.6 is 0 Å². The predicted molar refractivity (Wildman–Crippen MR) is 96.8 cm³/mol. The van der Waals surface area contributed by atoms with Crippen LogP contribution in [0.15, 0.2) is 30.7 Å². The topological polar surface area (TPSA) is 79.3 Å². The van der Waals surface area contributed by atoms with E-state index in [0.29, 0.717) is 5.95 Å². The maximum absolute atomic E-state index is 5.36. The third kappa shape index (κ3) is 5.61. The van der Waals surface area contributed by atoms with Gasteiger partial charge in [0.1, 0.15) is 0 Å². The molecule has 1 aliphatic rings. The van der Waals surface area contributed by atoms with Crippen LogP contribution in [-0.2, 0) is 11.2 Å². The van der Waals surface area contributed by atoms with Gasteiger partial charge in [0, 0.05) is 52.2 Å². The maximum atomic E-state index is 5.36. The Morgan fingerprint density at radius 2 is 2.04 bits per heavy atom. The number of hydrogen-bond acceptors (Lipinski definition) is 8. The largest absolute Gasteiger partial charge is 0.379 e. The molecule has 1 fully saturated rings. The first-order valence-electron chi connectivity index (χ1n) is 8.65. The SMILES string of the molecule is CN(CCc1ccncc1)c1nncc(NCCN2CCOCC2)n1. The zero-order valence-electron chi connectivity index (χ0n) is 14.6. The van der Waals surface area contributed by atoms with Crippen LogP contribution in [0.4, 0.5) is 11.8 Å². The van der Waals surface area contributed by atoms with Crippen molar-refractivity contribution in [1.82, 2.24) is 25.1 Å². The number of hydrogen-bond donors (Lipinski definition) is 1. The normalized spacial score (nSPS) is 15.1. The Hall–Kier alpha value is -2.32. The van der Waals surface area contributed by atoms with E-state index in [-0.39, 0.29) is 0 Å². The smallest absolute Gasteiger partial charge is 0.247 e. The number of anilines is 2. The van der Waals surface area contributed by atoms with E-state index in [1.807, 2.05) is 36.5 Å². The van der Waals surface area contributed by atoms with Gasteiger partial charge in [-0.2, -0.15) is 10.1 Å². The summed E-state index contributed by atoms with van der Waals surface area (Å²) in [5.41, 5.74) is 1.24. The van der Waals surface area contributed by atoms with Crippen LogP contribution in [0.2, 0.25) is 0 Å². The summed E-state index contributed by atoms with van der Waals surface area (Å²) in [7, 11) is 1.98. The van der Waals surface area contributed by atoms with Crippen LogP contribution in [0.5, 0.6) is 0 Å². The highest BCUT2D eigenvalue weighted by Gasteiger charge is 2.10. The summed E-state index contributed by atoms with van der Waals surface area (Å²) in [5, 5.41) is 11.5.